The first-order chi connectivity index (χ1) is 10.5. The number of hydrogen-bond acceptors (Lipinski definition) is 5. The minimum absolute atomic E-state index is 0.158. The molecule has 0 unspecified atom stereocenters. The van der Waals surface area contributed by atoms with Gasteiger partial charge < -0.3 is 19.6 Å². The molecule has 0 bridgehead atoms. The van der Waals surface area contributed by atoms with Crippen LogP contribution in [0.5, 0.6) is 11.5 Å². The van der Waals surface area contributed by atoms with Crippen LogP contribution in [0.2, 0.25) is 0 Å². The number of aromatic carboxylic acids is 1. The fraction of sp³-hybridized carbons (Fsp3) is 0.267. The smallest absolute Gasteiger partial charge is 0.354 e. The Morgan fingerprint density at radius 2 is 2.09 bits per heavy atom. The molecule has 0 aliphatic carbocycles. The van der Waals surface area contributed by atoms with E-state index in [1.807, 2.05) is 6.92 Å². The fourth-order valence-electron chi connectivity index (χ4n) is 1.85. The van der Waals surface area contributed by atoms with Crippen LogP contribution in [0.15, 0.2) is 29.1 Å². The number of aromatic amines is 1. The lowest BCUT2D eigenvalue weighted by molar-refractivity contribution is 0.0690. The molecule has 7 nitrogen and oxygen atoms in total. The molecule has 0 saturated carbocycles. The van der Waals surface area contributed by atoms with Gasteiger partial charge in [-0.2, -0.15) is 0 Å². The molecule has 0 atom stereocenters. The maximum atomic E-state index is 11.5. The first-order valence-corrected chi connectivity index (χ1v) is 6.71. The summed E-state index contributed by atoms with van der Waals surface area (Å²) >= 11 is 0. The minimum atomic E-state index is -1.26. The summed E-state index contributed by atoms with van der Waals surface area (Å²) in [6.45, 7) is 2.55. The largest absolute Gasteiger partial charge is 0.493 e. The number of rotatable bonds is 6. The molecular formula is C15H16N2O5. The summed E-state index contributed by atoms with van der Waals surface area (Å²) in [6, 6.07) is 5.94. The highest BCUT2D eigenvalue weighted by molar-refractivity contribution is 5.85. The first kappa shape index (κ1) is 15.6. The number of carboxylic acid groups (broad SMARTS) is 1. The SMILES string of the molecule is CCCOc1ccc(-c2nc(C(=O)O)cc(=O)[nH]2)cc1OC. The summed E-state index contributed by atoms with van der Waals surface area (Å²) in [4.78, 5) is 28.9. The second-order valence-electron chi connectivity index (χ2n) is 4.50. The molecule has 0 spiro atoms. The predicted molar refractivity (Wildman–Crippen MR) is 79.6 cm³/mol. The molecule has 22 heavy (non-hydrogen) atoms. The summed E-state index contributed by atoms with van der Waals surface area (Å²) in [6.07, 6.45) is 0.862. The predicted octanol–water partition coefficient (Wildman–Crippen LogP) is 1.93. The minimum Gasteiger partial charge on any atom is -0.493 e. The van der Waals surface area contributed by atoms with Gasteiger partial charge in [-0.3, -0.25) is 4.79 Å². The van der Waals surface area contributed by atoms with Gasteiger partial charge in [0.25, 0.3) is 5.56 Å². The van der Waals surface area contributed by atoms with Crippen LogP contribution in [0.3, 0.4) is 0 Å². The van der Waals surface area contributed by atoms with E-state index in [0.29, 0.717) is 23.7 Å². The van der Waals surface area contributed by atoms with Crippen molar-refractivity contribution in [1.82, 2.24) is 9.97 Å². The van der Waals surface area contributed by atoms with E-state index >= 15 is 0 Å². The van der Waals surface area contributed by atoms with Crippen molar-refractivity contribution < 1.29 is 19.4 Å². The van der Waals surface area contributed by atoms with Crippen molar-refractivity contribution in [3.63, 3.8) is 0 Å². The number of carbonyl (C=O) groups is 1. The van der Waals surface area contributed by atoms with Crippen molar-refractivity contribution in [2.75, 3.05) is 13.7 Å². The summed E-state index contributed by atoms with van der Waals surface area (Å²) < 4.78 is 10.8. The van der Waals surface area contributed by atoms with Crippen LogP contribution in [0.25, 0.3) is 11.4 Å². The van der Waals surface area contributed by atoms with Crippen LogP contribution >= 0.6 is 0 Å². The molecule has 2 aromatic rings. The van der Waals surface area contributed by atoms with Crippen LogP contribution in [-0.4, -0.2) is 34.8 Å². The first-order valence-electron chi connectivity index (χ1n) is 6.71. The standard InChI is InChI=1S/C15H16N2O5/c1-3-6-22-11-5-4-9(7-12(11)21-2)14-16-10(15(19)20)8-13(18)17-14/h4-5,7-8H,3,6H2,1-2H3,(H,19,20)(H,16,17,18). The maximum Gasteiger partial charge on any atom is 0.354 e. The second kappa shape index (κ2) is 6.75. The molecule has 0 fully saturated rings. The zero-order valence-corrected chi connectivity index (χ0v) is 12.3. The normalized spacial score (nSPS) is 10.3. The Balaban J connectivity index is 2.45. The van der Waals surface area contributed by atoms with E-state index in [-0.39, 0.29) is 11.5 Å². The molecule has 1 aromatic carbocycles. The number of benzene rings is 1. The molecule has 2 rings (SSSR count). The third kappa shape index (κ3) is 3.43. The molecule has 2 N–H and O–H groups in total. The lowest BCUT2D eigenvalue weighted by Crippen LogP contribution is -2.13. The second-order valence-corrected chi connectivity index (χ2v) is 4.50. The molecule has 0 amide bonds. The van der Waals surface area contributed by atoms with Crippen molar-refractivity contribution >= 4 is 5.97 Å². The highest BCUT2D eigenvalue weighted by Gasteiger charge is 2.12. The lowest BCUT2D eigenvalue weighted by Gasteiger charge is -2.11. The Labute approximate surface area is 126 Å². The number of ether oxygens (including phenoxy) is 2. The summed E-state index contributed by atoms with van der Waals surface area (Å²) in [5, 5.41) is 8.96. The number of nitrogens with one attached hydrogen (secondary N) is 1. The van der Waals surface area contributed by atoms with Crippen molar-refractivity contribution in [1.29, 1.82) is 0 Å². The van der Waals surface area contributed by atoms with Gasteiger partial charge in [0.2, 0.25) is 0 Å². The third-order valence-corrected chi connectivity index (χ3v) is 2.86. The number of methoxy groups -OCH3 is 1. The Bertz CT molecular complexity index is 739. The molecule has 0 aliphatic rings. The van der Waals surface area contributed by atoms with Crippen LogP contribution < -0.4 is 15.0 Å². The maximum absolute atomic E-state index is 11.5. The highest BCUT2D eigenvalue weighted by atomic mass is 16.5. The Morgan fingerprint density at radius 3 is 2.73 bits per heavy atom. The topological polar surface area (TPSA) is 102 Å². The van der Waals surface area contributed by atoms with Crippen LogP contribution in [0, 0.1) is 0 Å². The number of H-pyrrole nitrogens is 1. The van der Waals surface area contributed by atoms with Gasteiger partial charge in [-0.25, -0.2) is 9.78 Å². The Kier molecular flexibility index (Phi) is 4.77. The van der Waals surface area contributed by atoms with Crippen molar-refractivity contribution in [2.45, 2.75) is 13.3 Å². The van der Waals surface area contributed by atoms with Gasteiger partial charge >= 0.3 is 5.97 Å². The molecular weight excluding hydrogens is 288 g/mol. The fourth-order valence-corrected chi connectivity index (χ4v) is 1.85. The van der Waals surface area contributed by atoms with E-state index in [1.165, 1.54) is 7.11 Å². The number of nitrogens with zero attached hydrogens (tertiary/aromatic N) is 1. The van der Waals surface area contributed by atoms with Gasteiger partial charge in [0, 0.05) is 11.6 Å². The highest BCUT2D eigenvalue weighted by Crippen LogP contribution is 2.31. The van der Waals surface area contributed by atoms with Gasteiger partial charge in [-0.1, -0.05) is 6.92 Å². The van der Waals surface area contributed by atoms with Crippen molar-refractivity contribution in [3.8, 4) is 22.9 Å². The van der Waals surface area contributed by atoms with Crippen molar-refractivity contribution in [2.24, 2.45) is 0 Å². The van der Waals surface area contributed by atoms with E-state index in [9.17, 15) is 9.59 Å². The van der Waals surface area contributed by atoms with Crippen LogP contribution in [0.4, 0.5) is 0 Å². The quantitative estimate of drug-likeness (QED) is 0.845. The molecule has 1 heterocycles. The Morgan fingerprint density at radius 1 is 1.32 bits per heavy atom. The van der Waals surface area contributed by atoms with E-state index in [1.54, 1.807) is 18.2 Å². The lowest BCUT2D eigenvalue weighted by atomic mass is 10.2. The van der Waals surface area contributed by atoms with Gasteiger partial charge in [-0.05, 0) is 24.6 Å². The monoisotopic (exact) mass is 304 g/mol. The van der Waals surface area contributed by atoms with E-state index < -0.39 is 11.5 Å². The molecule has 0 saturated heterocycles. The third-order valence-electron chi connectivity index (χ3n) is 2.86. The molecule has 7 heteroatoms. The summed E-state index contributed by atoms with van der Waals surface area (Å²) in [5.41, 5.74) is -0.322. The van der Waals surface area contributed by atoms with Gasteiger partial charge in [0.05, 0.1) is 13.7 Å². The summed E-state index contributed by atoms with van der Waals surface area (Å²) in [7, 11) is 1.50. The van der Waals surface area contributed by atoms with E-state index in [0.717, 1.165) is 12.5 Å². The molecule has 0 aliphatic heterocycles. The zero-order chi connectivity index (χ0) is 16.1. The van der Waals surface area contributed by atoms with Crippen molar-refractivity contribution in [3.05, 3.63) is 40.3 Å². The number of carboxylic acids is 1. The zero-order valence-electron chi connectivity index (χ0n) is 12.3. The number of aromatic nitrogens is 2. The number of hydrogen-bond donors (Lipinski definition) is 2. The summed E-state index contributed by atoms with van der Waals surface area (Å²) in [5.74, 6) is -0.0494. The average molecular weight is 304 g/mol. The average Bonchev–Trinajstić information content (AvgIpc) is 2.52. The van der Waals surface area contributed by atoms with E-state index in [2.05, 4.69) is 9.97 Å². The molecule has 1 aromatic heterocycles. The molecule has 116 valence electrons. The Hall–Kier alpha value is -2.83. The van der Waals surface area contributed by atoms with E-state index in [4.69, 9.17) is 14.6 Å². The van der Waals surface area contributed by atoms with Crippen LogP contribution in [0.1, 0.15) is 23.8 Å². The molecule has 0 radical (unpaired) electrons. The van der Waals surface area contributed by atoms with Gasteiger partial charge in [0.1, 0.15) is 5.82 Å². The van der Waals surface area contributed by atoms with Gasteiger partial charge in [-0.15, -0.1) is 0 Å². The van der Waals surface area contributed by atoms with Gasteiger partial charge in [0.15, 0.2) is 17.2 Å². The van der Waals surface area contributed by atoms with Crippen LogP contribution in [-0.2, 0) is 0 Å².